The number of nitrogens with two attached hydrogens (primary N) is 1. The molecular formula is C16H14F3N5O2. The topological polar surface area (TPSA) is 97.7 Å². The van der Waals surface area contributed by atoms with E-state index in [1.54, 1.807) is 19.1 Å². The molecule has 0 aliphatic carbocycles. The number of aliphatic imine (C=N–C) groups is 1. The summed E-state index contributed by atoms with van der Waals surface area (Å²) in [5, 5.41) is 11.1. The van der Waals surface area contributed by atoms with E-state index in [1.807, 2.05) is 0 Å². The molecule has 1 aromatic carbocycles. The number of nitrogens with zero attached hydrogens (tertiary/aromatic N) is 4. The number of non-ortho nitro benzene ring substituents is 1. The average molecular weight is 365 g/mol. The smallest absolute Gasteiger partial charge is 0.383 e. The summed E-state index contributed by atoms with van der Waals surface area (Å²) < 4.78 is 39.6. The van der Waals surface area contributed by atoms with E-state index in [0.717, 1.165) is 12.1 Å². The molecule has 3 rings (SSSR count). The molecule has 2 heterocycles. The van der Waals surface area contributed by atoms with Crippen molar-refractivity contribution in [3.63, 3.8) is 0 Å². The first kappa shape index (κ1) is 17.6. The largest absolute Gasteiger partial charge is 0.416 e. The van der Waals surface area contributed by atoms with E-state index in [9.17, 15) is 23.3 Å². The number of aromatic nitrogens is 1. The van der Waals surface area contributed by atoms with Crippen LogP contribution >= 0.6 is 0 Å². The van der Waals surface area contributed by atoms with Crippen molar-refractivity contribution in [2.45, 2.75) is 25.7 Å². The number of anilines is 2. The summed E-state index contributed by atoms with van der Waals surface area (Å²) in [5.74, 6) is 0.526. The molecule has 0 spiro atoms. The summed E-state index contributed by atoms with van der Waals surface area (Å²) in [6.45, 7) is 1.78. The van der Waals surface area contributed by atoms with E-state index < -0.39 is 28.5 Å². The van der Waals surface area contributed by atoms with E-state index in [1.165, 1.54) is 11.1 Å². The van der Waals surface area contributed by atoms with Gasteiger partial charge in [-0.2, -0.15) is 13.2 Å². The summed E-state index contributed by atoms with van der Waals surface area (Å²) in [6.07, 6.45) is -3.46. The number of halogens is 3. The van der Waals surface area contributed by atoms with Crippen molar-refractivity contribution in [3.05, 3.63) is 57.8 Å². The van der Waals surface area contributed by atoms with Gasteiger partial charge >= 0.3 is 6.18 Å². The van der Waals surface area contributed by atoms with Crippen molar-refractivity contribution in [1.29, 1.82) is 0 Å². The Bertz CT molecular complexity index is 898. The monoisotopic (exact) mass is 365 g/mol. The lowest BCUT2D eigenvalue weighted by molar-refractivity contribution is -0.385. The summed E-state index contributed by atoms with van der Waals surface area (Å²) in [5.41, 5.74) is 4.59. The summed E-state index contributed by atoms with van der Waals surface area (Å²) >= 11 is 0. The Morgan fingerprint density at radius 3 is 2.69 bits per heavy atom. The molecule has 1 aliphatic heterocycles. The highest BCUT2D eigenvalue weighted by Crippen LogP contribution is 2.39. The van der Waals surface area contributed by atoms with Crippen molar-refractivity contribution in [2.24, 2.45) is 10.7 Å². The summed E-state index contributed by atoms with van der Waals surface area (Å²) in [6, 6.07) is 5.70. The van der Waals surface area contributed by atoms with Gasteiger partial charge in [-0.05, 0) is 24.6 Å². The number of hydrogen-bond donors (Lipinski definition) is 1. The molecule has 0 saturated carbocycles. The maximum atomic E-state index is 13.2. The maximum absolute atomic E-state index is 13.2. The fourth-order valence-electron chi connectivity index (χ4n) is 2.79. The predicted octanol–water partition coefficient (Wildman–Crippen LogP) is 3.60. The van der Waals surface area contributed by atoms with Gasteiger partial charge in [-0.3, -0.25) is 10.1 Å². The van der Waals surface area contributed by atoms with Gasteiger partial charge in [0.05, 0.1) is 21.7 Å². The van der Waals surface area contributed by atoms with Crippen LogP contribution in [0.5, 0.6) is 0 Å². The van der Waals surface area contributed by atoms with Gasteiger partial charge in [0.25, 0.3) is 5.69 Å². The summed E-state index contributed by atoms with van der Waals surface area (Å²) in [7, 11) is 0. The summed E-state index contributed by atoms with van der Waals surface area (Å²) in [4.78, 5) is 20.2. The molecule has 0 saturated heterocycles. The molecule has 0 fully saturated rings. The fourth-order valence-corrected chi connectivity index (χ4v) is 2.79. The zero-order chi connectivity index (χ0) is 19.1. The van der Waals surface area contributed by atoms with E-state index in [0.29, 0.717) is 23.9 Å². The number of amidine groups is 1. The van der Waals surface area contributed by atoms with E-state index in [-0.39, 0.29) is 11.5 Å². The van der Waals surface area contributed by atoms with Crippen LogP contribution in [-0.2, 0) is 6.18 Å². The molecule has 1 aliphatic rings. The number of nitro benzene ring substituents is 1. The van der Waals surface area contributed by atoms with Crippen LogP contribution in [0.15, 0.2) is 41.5 Å². The average Bonchev–Trinajstić information content (AvgIpc) is 2.60. The van der Waals surface area contributed by atoms with Gasteiger partial charge in [0, 0.05) is 18.3 Å². The van der Waals surface area contributed by atoms with Crippen molar-refractivity contribution >= 4 is 23.0 Å². The third kappa shape index (κ3) is 3.05. The molecule has 26 heavy (non-hydrogen) atoms. The van der Waals surface area contributed by atoms with E-state index in [2.05, 4.69) is 9.98 Å². The van der Waals surface area contributed by atoms with Gasteiger partial charge < -0.3 is 10.6 Å². The SMILES string of the molecule is CCC1N=C(N)c2cccnc2N1c1cc([N+](=O)[O-])cc(C(F)(F)F)c1. The fraction of sp³-hybridized carbons (Fsp3) is 0.250. The quantitative estimate of drug-likeness (QED) is 0.662. The highest BCUT2D eigenvalue weighted by atomic mass is 19.4. The van der Waals surface area contributed by atoms with E-state index >= 15 is 0 Å². The Labute approximate surface area is 146 Å². The first-order valence-corrected chi connectivity index (χ1v) is 7.67. The van der Waals surface area contributed by atoms with Crippen LogP contribution in [0.25, 0.3) is 0 Å². The minimum absolute atomic E-state index is 0.0189. The number of rotatable bonds is 3. The molecule has 1 aromatic heterocycles. The van der Waals surface area contributed by atoms with Gasteiger partial charge in [0.2, 0.25) is 0 Å². The van der Waals surface area contributed by atoms with Crippen LogP contribution < -0.4 is 10.6 Å². The number of fused-ring (bicyclic) bond motifs is 1. The van der Waals surface area contributed by atoms with Crippen LogP contribution in [0, 0.1) is 10.1 Å². The number of hydrogen-bond acceptors (Lipinski definition) is 6. The van der Waals surface area contributed by atoms with Crippen molar-refractivity contribution in [1.82, 2.24) is 4.98 Å². The Morgan fingerprint density at radius 1 is 1.35 bits per heavy atom. The van der Waals surface area contributed by atoms with E-state index in [4.69, 9.17) is 5.73 Å². The zero-order valence-corrected chi connectivity index (χ0v) is 13.6. The molecule has 0 bridgehead atoms. The van der Waals surface area contributed by atoms with Gasteiger partial charge in [0.1, 0.15) is 17.8 Å². The molecule has 0 radical (unpaired) electrons. The van der Waals surface area contributed by atoms with Gasteiger partial charge in [-0.1, -0.05) is 6.92 Å². The Kier molecular flexibility index (Phi) is 4.26. The molecule has 10 heteroatoms. The highest BCUT2D eigenvalue weighted by Gasteiger charge is 2.35. The number of pyridine rings is 1. The van der Waals surface area contributed by atoms with Crippen LogP contribution in [0.2, 0.25) is 0 Å². The zero-order valence-electron chi connectivity index (χ0n) is 13.6. The molecule has 2 aromatic rings. The molecule has 2 N–H and O–H groups in total. The second-order valence-electron chi connectivity index (χ2n) is 5.64. The standard InChI is InChI=1S/C16H14F3N5O2/c1-2-13-22-14(20)12-4-3-5-21-15(12)23(13)10-6-9(16(17,18)19)7-11(8-10)24(25)26/h3-8,13H,2H2,1H3,(H2,20,22). The Balaban J connectivity index is 2.24. The minimum atomic E-state index is -4.73. The Morgan fingerprint density at radius 2 is 2.08 bits per heavy atom. The molecule has 1 unspecified atom stereocenters. The third-order valence-corrected chi connectivity index (χ3v) is 3.96. The number of benzene rings is 1. The van der Waals surface area contributed by atoms with Crippen LogP contribution in [0.3, 0.4) is 0 Å². The Hall–Kier alpha value is -3.17. The van der Waals surface area contributed by atoms with Crippen molar-refractivity contribution in [2.75, 3.05) is 4.90 Å². The lowest BCUT2D eigenvalue weighted by Gasteiger charge is -2.34. The lowest BCUT2D eigenvalue weighted by atomic mass is 10.1. The van der Waals surface area contributed by atoms with Gasteiger partial charge in [-0.15, -0.1) is 0 Å². The molecule has 7 nitrogen and oxygen atoms in total. The molecule has 1 atom stereocenters. The maximum Gasteiger partial charge on any atom is 0.416 e. The molecule has 136 valence electrons. The van der Waals surface area contributed by atoms with Gasteiger partial charge in [-0.25, -0.2) is 9.98 Å². The highest BCUT2D eigenvalue weighted by molar-refractivity contribution is 6.04. The first-order valence-electron chi connectivity index (χ1n) is 7.67. The van der Waals surface area contributed by atoms with Crippen molar-refractivity contribution in [3.8, 4) is 0 Å². The van der Waals surface area contributed by atoms with Crippen molar-refractivity contribution < 1.29 is 18.1 Å². The first-order chi connectivity index (χ1) is 12.2. The van der Waals surface area contributed by atoms with Crippen LogP contribution in [0.4, 0.5) is 30.4 Å². The minimum Gasteiger partial charge on any atom is -0.383 e. The lowest BCUT2D eigenvalue weighted by Crippen LogP contribution is -2.38. The number of alkyl halides is 3. The van der Waals surface area contributed by atoms with Crippen LogP contribution in [-0.4, -0.2) is 21.9 Å². The molecule has 0 amide bonds. The molecular weight excluding hydrogens is 351 g/mol. The van der Waals surface area contributed by atoms with Crippen LogP contribution in [0.1, 0.15) is 24.5 Å². The second-order valence-corrected chi connectivity index (χ2v) is 5.64. The number of nitro groups is 1. The van der Waals surface area contributed by atoms with Gasteiger partial charge in [0.15, 0.2) is 0 Å². The normalized spacial score (nSPS) is 16.8. The second kappa shape index (κ2) is 6.28. The predicted molar refractivity (Wildman–Crippen MR) is 89.3 cm³/mol. The third-order valence-electron chi connectivity index (χ3n) is 3.96.